The molecule has 0 N–H and O–H groups in total. The third kappa shape index (κ3) is 3.71. The Morgan fingerprint density at radius 1 is 1.46 bits per heavy atom. The average Bonchev–Trinajstić information content (AvgIpc) is 2.33. The van der Waals surface area contributed by atoms with Crippen LogP contribution in [0.3, 0.4) is 0 Å². The summed E-state index contributed by atoms with van der Waals surface area (Å²) in [6.45, 7) is 0.686. The molecule has 1 aromatic rings. The summed E-state index contributed by atoms with van der Waals surface area (Å²) in [4.78, 5) is 1.96. The van der Waals surface area contributed by atoms with E-state index in [4.69, 9.17) is 4.42 Å². The lowest BCUT2D eigenvalue weighted by molar-refractivity contribution is 0.344. The van der Waals surface area contributed by atoms with Crippen molar-refractivity contribution in [2.45, 2.75) is 12.3 Å². The third-order valence-corrected chi connectivity index (χ3v) is 1.97. The Labute approximate surface area is 79.8 Å². The Bertz CT molecular complexity index is 295. The predicted molar refractivity (Wildman–Crippen MR) is 48.7 cm³/mol. The van der Waals surface area contributed by atoms with Crippen LogP contribution in [0.25, 0.3) is 0 Å². The lowest BCUT2D eigenvalue weighted by atomic mass is 10.4. The number of hydrogen-bond donors (Lipinski definition) is 0. The summed E-state index contributed by atoms with van der Waals surface area (Å²) in [5, 5.41) is 0. The van der Waals surface area contributed by atoms with Crippen LogP contribution in [0, 0.1) is 0 Å². The second kappa shape index (κ2) is 4.55. The fourth-order valence-electron chi connectivity index (χ4n) is 1.01. The van der Waals surface area contributed by atoms with E-state index in [1.54, 1.807) is 12.1 Å². The standard InChI is InChI=1S/C8H13NO3S/c1-9(2)5-7-3-4-8(12-7)6-13(10)11/h3-4H,5-6H2,1-2H3,(H,10,11)/p-1. The second-order valence-corrected chi connectivity index (χ2v) is 3.95. The SMILES string of the molecule is CN(C)Cc1ccc(CS(=O)[O-])o1. The van der Waals surface area contributed by atoms with Gasteiger partial charge in [-0.3, -0.25) is 4.21 Å². The molecule has 1 atom stereocenters. The topological polar surface area (TPSA) is 56.5 Å². The minimum Gasteiger partial charge on any atom is -0.772 e. The zero-order valence-electron chi connectivity index (χ0n) is 7.65. The molecule has 74 valence electrons. The molecule has 5 heteroatoms. The molecule has 0 aliphatic heterocycles. The highest BCUT2D eigenvalue weighted by Crippen LogP contribution is 2.10. The highest BCUT2D eigenvalue weighted by atomic mass is 32.2. The van der Waals surface area contributed by atoms with Gasteiger partial charge in [0.05, 0.1) is 12.3 Å². The molecule has 1 rings (SSSR count). The molecule has 4 nitrogen and oxygen atoms in total. The molecule has 0 aliphatic carbocycles. The molecule has 1 heterocycles. The number of nitrogens with zero attached hydrogens (tertiary/aromatic N) is 1. The van der Waals surface area contributed by atoms with E-state index in [1.165, 1.54) is 0 Å². The van der Waals surface area contributed by atoms with Crippen molar-refractivity contribution in [3.05, 3.63) is 23.7 Å². The van der Waals surface area contributed by atoms with Crippen molar-refractivity contribution in [3.8, 4) is 0 Å². The molecule has 0 aromatic carbocycles. The minimum atomic E-state index is -2.07. The summed E-state index contributed by atoms with van der Waals surface area (Å²) < 4.78 is 25.9. The van der Waals surface area contributed by atoms with E-state index in [0.717, 1.165) is 5.76 Å². The van der Waals surface area contributed by atoms with E-state index in [1.807, 2.05) is 19.0 Å². The first-order chi connectivity index (χ1) is 6.08. The molecule has 0 saturated carbocycles. The highest BCUT2D eigenvalue weighted by Gasteiger charge is 2.02. The van der Waals surface area contributed by atoms with Gasteiger partial charge in [0.25, 0.3) is 0 Å². The van der Waals surface area contributed by atoms with Crippen molar-refractivity contribution in [1.82, 2.24) is 4.90 Å². The average molecular weight is 202 g/mol. The van der Waals surface area contributed by atoms with E-state index in [0.29, 0.717) is 12.3 Å². The molecular weight excluding hydrogens is 190 g/mol. The van der Waals surface area contributed by atoms with Gasteiger partial charge in [0.1, 0.15) is 11.5 Å². The molecule has 0 spiro atoms. The number of rotatable bonds is 4. The smallest absolute Gasteiger partial charge is 0.118 e. The van der Waals surface area contributed by atoms with Crippen LogP contribution in [-0.4, -0.2) is 27.8 Å². The molecule has 13 heavy (non-hydrogen) atoms. The maximum Gasteiger partial charge on any atom is 0.118 e. The van der Waals surface area contributed by atoms with Crippen LogP contribution in [0.4, 0.5) is 0 Å². The van der Waals surface area contributed by atoms with E-state index in [2.05, 4.69) is 0 Å². The quantitative estimate of drug-likeness (QED) is 0.675. The van der Waals surface area contributed by atoms with Crippen molar-refractivity contribution in [2.24, 2.45) is 0 Å². The first-order valence-corrected chi connectivity index (χ1v) is 5.10. The third-order valence-electron chi connectivity index (χ3n) is 1.45. The van der Waals surface area contributed by atoms with Crippen LogP contribution in [0.5, 0.6) is 0 Å². The Kier molecular flexibility index (Phi) is 3.65. The summed E-state index contributed by atoms with van der Waals surface area (Å²) in [5.41, 5.74) is 0. The first kappa shape index (κ1) is 10.4. The summed E-state index contributed by atoms with van der Waals surface area (Å²) in [6.07, 6.45) is 0. The highest BCUT2D eigenvalue weighted by molar-refractivity contribution is 7.78. The summed E-state index contributed by atoms with van der Waals surface area (Å²) in [5.74, 6) is 1.23. The number of hydrogen-bond acceptors (Lipinski definition) is 4. The molecule has 0 saturated heterocycles. The minimum absolute atomic E-state index is 0.0482. The summed E-state index contributed by atoms with van der Waals surface area (Å²) in [7, 11) is 3.85. The zero-order valence-corrected chi connectivity index (χ0v) is 8.47. The lowest BCUT2D eigenvalue weighted by Crippen LogP contribution is -2.09. The molecular formula is C8H12NO3S-. The summed E-state index contributed by atoms with van der Waals surface area (Å²) >= 11 is -2.07. The Morgan fingerprint density at radius 3 is 2.62 bits per heavy atom. The van der Waals surface area contributed by atoms with Gasteiger partial charge in [-0.05, 0) is 37.3 Å². The van der Waals surface area contributed by atoms with Crippen LogP contribution in [0.15, 0.2) is 16.5 Å². The molecule has 0 radical (unpaired) electrons. The van der Waals surface area contributed by atoms with Crippen LogP contribution in [0.2, 0.25) is 0 Å². The van der Waals surface area contributed by atoms with Gasteiger partial charge in [0.2, 0.25) is 0 Å². The summed E-state index contributed by atoms with van der Waals surface area (Å²) in [6, 6.07) is 3.48. The van der Waals surface area contributed by atoms with Crippen molar-refractivity contribution >= 4 is 11.1 Å². The van der Waals surface area contributed by atoms with Gasteiger partial charge in [0.15, 0.2) is 0 Å². The van der Waals surface area contributed by atoms with Crippen molar-refractivity contribution < 1.29 is 13.2 Å². The Hall–Kier alpha value is -0.650. The van der Waals surface area contributed by atoms with E-state index in [9.17, 15) is 8.76 Å². The van der Waals surface area contributed by atoms with E-state index < -0.39 is 11.1 Å². The van der Waals surface area contributed by atoms with Gasteiger partial charge in [-0.2, -0.15) is 0 Å². The molecule has 0 fully saturated rings. The first-order valence-electron chi connectivity index (χ1n) is 3.86. The lowest BCUT2D eigenvalue weighted by Gasteiger charge is -2.06. The Morgan fingerprint density at radius 2 is 2.08 bits per heavy atom. The van der Waals surface area contributed by atoms with Gasteiger partial charge in [0, 0.05) is 0 Å². The van der Waals surface area contributed by atoms with E-state index in [-0.39, 0.29) is 5.75 Å². The fraction of sp³-hybridized carbons (Fsp3) is 0.500. The molecule has 1 aromatic heterocycles. The van der Waals surface area contributed by atoms with Gasteiger partial charge in [-0.25, -0.2) is 0 Å². The van der Waals surface area contributed by atoms with Crippen LogP contribution >= 0.6 is 0 Å². The van der Waals surface area contributed by atoms with Crippen LogP contribution in [0.1, 0.15) is 11.5 Å². The molecule has 0 aliphatic rings. The van der Waals surface area contributed by atoms with Crippen molar-refractivity contribution in [3.63, 3.8) is 0 Å². The largest absolute Gasteiger partial charge is 0.772 e. The molecule has 1 unspecified atom stereocenters. The van der Waals surface area contributed by atoms with Crippen LogP contribution in [-0.2, 0) is 23.4 Å². The van der Waals surface area contributed by atoms with E-state index >= 15 is 0 Å². The van der Waals surface area contributed by atoms with Crippen LogP contribution < -0.4 is 0 Å². The number of furan rings is 1. The molecule has 0 bridgehead atoms. The van der Waals surface area contributed by atoms with Crippen molar-refractivity contribution in [1.29, 1.82) is 0 Å². The van der Waals surface area contributed by atoms with Gasteiger partial charge in [-0.15, -0.1) is 0 Å². The Balaban J connectivity index is 2.58. The molecule has 0 amide bonds. The normalized spacial score (nSPS) is 13.5. The van der Waals surface area contributed by atoms with Gasteiger partial charge < -0.3 is 13.9 Å². The van der Waals surface area contributed by atoms with Gasteiger partial charge >= 0.3 is 0 Å². The maximum absolute atomic E-state index is 10.3. The second-order valence-electron chi connectivity index (χ2n) is 3.05. The monoisotopic (exact) mass is 202 g/mol. The van der Waals surface area contributed by atoms with Crippen molar-refractivity contribution in [2.75, 3.05) is 14.1 Å². The van der Waals surface area contributed by atoms with Gasteiger partial charge in [-0.1, -0.05) is 0 Å². The fourth-order valence-corrected chi connectivity index (χ4v) is 1.40. The maximum atomic E-state index is 10.3. The predicted octanol–water partition coefficient (Wildman–Crippen LogP) is 0.720. The zero-order chi connectivity index (χ0) is 9.84.